The molecule has 0 saturated heterocycles. The third kappa shape index (κ3) is 5.64. The van der Waals surface area contributed by atoms with Crippen LogP contribution in [-0.2, 0) is 26.2 Å². The van der Waals surface area contributed by atoms with Crippen molar-refractivity contribution >= 4 is 38.3 Å². The number of hydrogen-bond acceptors (Lipinski definition) is 4. The van der Waals surface area contributed by atoms with E-state index in [1.807, 2.05) is 70.2 Å². The number of hydrogen-bond donors (Lipinski definition) is 1. The molecule has 0 bridgehead atoms. The van der Waals surface area contributed by atoms with Crippen LogP contribution in [-0.4, -0.2) is 43.3 Å². The van der Waals surface area contributed by atoms with Gasteiger partial charge in [0.1, 0.15) is 6.04 Å². The van der Waals surface area contributed by atoms with Gasteiger partial charge in [0.15, 0.2) is 0 Å². The molecule has 1 heterocycles. The lowest BCUT2D eigenvalue weighted by atomic mass is 10.1. The number of amides is 2. The molecule has 196 valence electrons. The molecule has 2 amide bonds. The summed E-state index contributed by atoms with van der Waals surface area (Å²) in [6.07, 6.45) is 0.456. The van der Waals surface area contributed by atoms with Crippen molar-refractivity contribution in [3.05, 3.63) is 71.8 Å². The van der Waals surface area contributed by atoms with Crippen LogP contribution in [0, 0.1) is 6.92 Å². The van der Waals surface area contributed by atoms with Gasteiger partial charge in [0.05, 0.1) is 10.6 Å². The molecule has 3 aromatic rings. The zero-order chi connectivity index (χ0) is 27.0. The zero-order valence-corrected chi connectivity index (χ0v) is 22.9. The Kier molecular flexibility index (Phi) is 7.33. The molecular weight excluding hydrogens is 486 g/mol. The highest BCUT2D eigenvalue weighted by Gasteiger charge is 2.35. The zero-order valence-electron chi connectivity index (χ0n) is 22.1. The van der Waals surface area contributed by atoms with E-state index in [4.69, 9.17) is 0 Å². The Morgan fingerprint density at radius 1 is 1.00 bits per heavy atom. The maximum Gasteiger partial charge on any atom is 0.265 e. The number of rotatable bonds is 8. The van der Waals surface area contributed by atoms with Crippen molar-refractivity contribution in [2.75, 3.05) is 10.8 Å². The number of anilines is 1. The Labute approximate surface area is 219 Å². The minimum Gasteiger partial charge on any atom is -0.350 e. The van der Waals surface area contributed by atoms with Crippen molar-refractivity contribution in [3.63, 3.8) is 0 Å². The van der Waals surface area contributed by atoms with Crippen LogP contribution in [0.5, 0.6) is 0 Å². The molecule has 0 saturated carbocycles. The van der Waals surface area contributed by atoms with Crippen LogP contribution < -0.4 is 9.62 Å². The molecule has 37 heavy (non-hydrogen) atoms. The fraction of sp³-hybridized carbons (Fsp3) is 0.379. The number of aryl methyl sites for hydroxylation is 1. The predicted octanol–water partition coefficient (Wildman–Crippen LogP) is 4.77. The first-order valence-electron chi connectivity index (χ1n) is 12.6. The van der Waals surface area contributed by atoms with Crippen LogP contribution in [0.1, 0.15) is 51.7 Å². The van der Waals surface area contributed by atoms with Gasteiger partial charge in [0.2, 0.25) is 11.8 Å². The summed E-state index contributed by atoms with van der Waals surface area (Å²) in [6.45, 7) is 9.91. The SMILES string of the molecule is Cc1ccc(CN(C(=O)CCCN2c3cccc4cccc(c34)S2(=O)=O)[C@@H](C)C(=O)NC(C)(C)C)cc1. The predicted molar refractivity (Wildman–Crippen MR) is 147 cm³/mol. The molecule has 0 fully saturated rings. The number of carbonyl (C=O) groups excluding carboxylic acids is 2. The van der Waals surface area contributed by atoms with Crippen molar-refractivity contribution in [1.82, 2.24) is 10.2 Å². The fourth-order valence-electron chi connectivity index (χ4n) is 4.66. The molecule has 1 atom stereocenters. The Bertz CT molecular complexity index is 1420. The summed E-state index contributed by atoms with van der Waals surface area (Å²) in [5.41, 5.74) is 2.26. The summed E-state index contributed by atoms with van der Waals surface area (Å²) in [6, 6.07) is 18.0. The number of benzene rings is 3. The van der Waals surface area contributed by atoms with Crippen LogP contribution in [0.2, 0.25) is 0 Å². The molecule has 3 aromatic carbocycles. The smallest absolute Gasteiger partial charge is 0.265 e. The third-order valence-electron chi connectivity index (χ3n) is 6.57. The first kappa shape index (κ1) is 26.7. The van der Waals surface area contributed by atoms with Gasteiger partial charge in [-0.15, -0.1) is 0 Å². The Morgan fingerprint density at radius 2 is 1.65 bits per heavy atom. The molecule has 0 spiro atoms. The summed E-state index contributed by atoms with van der Waals surface area (Å²) in [4.78, 5) is 28.3. The molecule has 0 aliphatic carbocycles. The molecule has 4 rings (SSSR count). The maximum atomic E-state index is 13.4. The number of nitrogens with zero attached hydrogens (tertiary/aromatic N) is 2. The van der Waals surface area contributed by atoms with Crippen LogP contribution in [0.25, 0.3) is 10.8 Å². The van der Waals surface area contributed by atoms with Crippen molar-refractivity contribution in [3.8, 4) is 0 Å². The summed E-state index contributed by atoms with van der Waals surface area (Å²) >= 11 is 0. The van der Waals surface area contributed by atoms with E-state index in [1.165, 1.54) is 4.31 Å². The maximum absolute atomic E-state index is 13.4. The highest BCUT2D eigenvalue weighted by molar-refractivity contribution is 7.93. The second-order valence-electron chi connectivity index (χ2n) is 10.7. The van der Waals surface area contributed by atoms with Gasteiger partial charge < -0.3 is 10.2 Å². The molecule has 1 aliphatic rings. The molecule has 8 heteroatoms. The standard InChI is InChI=1S/C29H35N3O4S/c1-20-14-16-22(17-15-20)19-31(21(2)28(34)30-29(3,4)5)26(33)13-8-18-32-24-11-6-9-23-10-7-12-25(27(23)24)37(32,35)36/h6-7,9-12,14-17,21H,8,13,18-19H2,1-5H3,(H,30,34)/t21-/m0/s1. The molecule has 0 aromatic heterocycles. The molecule has 1 aliphatic heterocycles. The van der Waals surface area contributed by atoms with E-state index in [1.54, 1.807) is 30.0 Å². The van der Waals surface area contributed by atoms with E-state index in [0.29, 0.717) is 23.5 Å². The average Bonchev–Trinajstić information content (AvgIpc) is 3.05. The second-order valence-corrected chi connectivity index (χ2v) is 12.6. The Morgan fingerprint density at radius 3 is 2.30 bits per heavy atom. The van der Waals surface area contributed by atoms with Gasteiger partial charge in [-0.05, 0) is 64.1 Å². The van der Waals surface area contributed by atoms with Gasteiger partial charge in [-0.3, -0.25) is 13.9 Å². The van der Waals surface area contributed by atoms with Gasteiger partial charge in [0.25, 0.3) is 10.0 Å². The number of sulfonamides is 1. The van der Waals surface area contributed by atoms with E-state index in [2.05, 4.69) is 5.32 Å². The largest absolute Gasteiger partial charge is 0.350 e. The summed E-state index contributed by atoms with van der Waals surface area (Å²) in [5, 5.41) is 4.56. The topological polar surface area (TPSA) is 86.8 Å². The summed E-state index contributed by atoms with van der Waals surface area (Å²) in [5.74, 6) is -0.415. The normalized spacial score (nSPS) is 15.0. The van der Waals surface area contributed by atoms with Crippen molar-refractivity contribution in [2.45, 2.75) is 70.5 Å². The third-order valence-corrected chi connectivity index (χ3v) is 8.43. The lowest BCUT2D eigenvalue weighted by molar-refractivity contribution is -0.141. The highest BCUT2D eigenvalue weighted by atomic mass is 32.2. The summed E-state index contributed by atoms with van der Waals surface area (Å²) < 4.78 is 27.9. The Hall–Kier alpha value is -3.39. The minimum absolute atomic E-state index is 0.122. The summed E-state index contributed by atoms with van der Waals surface area (Å²) in [7, 11) is -3.68. The molecular formula is C29H35N3O4S. The van der Waals surface area contributed by atoms with Gasteiger partial charge in [-0.2, -0.15) is 0 Å². The lowest BCUT2D eigenvalue weighted by Crippen LogP contribution is -2.52. The van der Waals surface area contributed by atoms with E-state index < -0.39 is 21.6 Å². The van der Waals surface area contributed by atoms with Crippen molar-refractivity contribution in [1.29, 1.82) is 0 Å². The van der Waals surface area contributed by atoms with Gasteiger partial charge in [-0.25, -0.2) is 8.42 Å². The van der Waals surface area contributed by atoms with Gasteiger partial charge in [0, 0.05) is 30.4 Å². The molecule has 0 unspecified atom stereocenters. The monoisotopic (exact) mass is 521 g/mol. The van der Waals surface area contributed by atoms with E-state index in [9.17, 15) is 18.0 Å². The second kappa shape index (κ2) is 10.2. The molecule has 7 nitrogen and oxygen atoms in total. The Balaban J connectivity index is 1.50. The van der Waals surface area contributed by atoms with E-state index >= 15 is 0 Å². The lowest BCUT2D eigenvalue weighted by Gasteiger charge is -2.31. The fourth-order valence-corrected chi connectivity index (χ4v) is 6.41. The van der Waals surface area contributed by atoms with Crippen LogP contribution >= 0.6 is 0 Å². The highest BCUT2D eigenvalue weighted by Crippen LogP contribution is 2.42. The van der Waals surface area contributed by atoms with Crippen LogP contribution in [0.4, 0.5) is 5.69 Å². The van der Waals surface area contributed by atoms with Crippen molar-refractivity contribution in [2.24, 2.45) is 0 Å². The van der Waals surface area contributed by atoms with E-state index in [-0.39, 0.29) is 24.8 Å². The van der Waals surface area contributed by atoms with Crippen LogP contribution in [0.15, 0.2) is 65.6 Å². The number of nitrogens with one attached hydrogen (secondary N) is 1. The quantitative estimate of drug-likeness (QED) is 0.463. The minimum atomic E-state index is -3.68. The first-order valence-corrected chi connectivity index (χ1v) is 14.0. The number of carbonyl (C=O) groups is 2. The van der Waals surface area contributed by atoms with Crippen LogP contribution in [0.3, 0.4) is 0 Å². The van der Waals surface area contributed by atoms with Gasteiger partial charge >= 0.3 is 0 Å². The van der Waals surface area contributed by atoms with Gasteiger partial charge in [-0.1, -0.05) is 54.1 Å². The molecule has 0 radical (unpaired) electrons. The molecule has 1 N–H and O–H groups in total. The first-order chi connectivity index (χ1) is 17.4. The van der Waals surface area contributed by atoms with E-state index in [0.717, 1.165) is 21.9 Å². The average molecular weight is 522 g/mol. The van der Waals surface area contributed by atoms with Crippen molar-refractivity contribution < 1.29 is 18.0 Å².